The van der Waals surface area contributed by atoms with Crippen LogP contribution in [0.5, 0.6) is 5.75 Å². The van der Waals surface area contributed by atoms with Crippen LogP contribution in [-0.4, -0.2) is 73.0 Å². The molecule has 1 aromatic heterocycles. The van der Waals surface area contributed by atoms with E-state index in [-0.39, 0.29) is 12.7 Å². The van der Waals surface area contributed by atoms with E-state index in [1.54, 1.807) is 31.2 Å². The molecule has 0 saturated carbocycles. The maximum atomic E-state index is 13.7. The fourth-order valence-corrected chi connectivity index (χ4v) is 5.59. The molecule has 37 heavy (non-hydrogen) atoms. The van der Waals surface area contributed by atoms with Crippen molar-refractivity contribution in [3.63, 3.8) is 0 Å². The van der Waals surface area contributed by atoms with Crippen LogP contribution in [0.2, 0.25) is 0 Å². The SMILES string of the molecule is COc1cc(NC2CN(CCCF)C2)ccc1[C@@H]1c2ccc3[nH]c(=O)oc3c2C[C@@H](C)N1CC(F)(F)F. The third-order valence-corrected chi connectivity index (χ3v) is 7.25. The number of nitrogens with one attached hydrogen (secondary N) is 2. The van der Waals surface area contributed by atoms with Crippen LogP contribution < -0.4 is 15.8 Å². The number of anilines is 1. The maximum absolute atomic E-state index is 13.7. The summed E-state index contributed by atoms with van der Waals surface area (Å²) in [6.45, 7) is 2.65. The summed E-state index contributed by atoms with van der Waals surface area (Å²) in [4.78, 5) is 18.1. The lowest BCUT2D eigenvalue weighted by Gasteiger charge is -2.43. The van der Waals surface area contributed by atoms with Gasteiger partial charge in [0.1, 0.15) is 5.75 Å². The molecule has 0 aliphatic carbocycles. The molecule has 0 unspecified atom stereocenters. The number of alkyl halides is 4. The van der Waals surface area contributed by atoms with E-state index in [0.29, 0.717) is 40.8 Å². The van der Waals surface area contributed by atoms with Crippen molar-refractivity contribution in [2.45, 2.75) is 44.1 Å². The Hall–Kier alpha value is -3.05. The molecule has 200 valence electrons. The van der Waals surface area contributed by atoms with Gasteiger partial charge in [0.25, 0.3) is 0 Å². The Labute approximate surface area is 211 Å². The maximum Gasteiger partial charge on any atom is 0.417 e. The fourth-order valence-electron chi connectivity index (χ4n) is 5.59. The predicted octanol–water partition coefficient (Wildman–Crippen LogP) is 4.48. The van der Waals surface area contributed by atoms with Crippen LogP contribution >= 0.6 is 0 Å². The number of ether oxygens (including phenoxy) is 1. The third-order valence-electron chi connectivity index (χ3n) is 7.25. The number of aromatic nitrogens is 1. The molecule has 2 atom stereocenters. The number of likely N-dealkylation sites (tertiary alicyclic amines) is 1. The first-order valence-corrected chi connectivity index (χ1v) is 12.4. The van der Waals surface area contributed by atoms with Gasteiger partial charge in [-0.15, -0.1) is 0 Å². The van der Waals surface area contributed by atoms with Crippen LogP contribution in [0.3, 0.4) is 0 Å². The van der Waals surface area contributed by atoms with Gasteiger partial charge in [-0.05, 0) is 37.5 Å². The van der Waals surface area contributed by atoms with Crippen molar-refractivity contribution in [1.29, 1.82) is 0 Å². The van der Waals surface area contributed by atoms with E-state index in [1.165, 1.54) is 12.0 Å². The second kappa shape index (κ2) is 10.0. The minimum absolute atomic E-state index is 0.206. The van der Waals surface area contributed by atoms with Gasteiger partial charge < -0.3 is 14.5 Å². The number of halogens is 4. The summed E-state index contributed by atoms with van der Waals surface area (Å²) in [6.07, 6.45) is -3.58. The van der Waals surface area contributed by atoms with Gasteiger partial charge in [-0.2, -0.15) is 13.2 Å². The molecule has 7 nitrogen and oxygen atoms in total. The number of H-pyrrole nitrogens is 1. The second-order valence-electron chi connectivity index (χ2n) is 9.87. The van der Waals surface area contributed by atoms with Crippen molar-refractivity contribution in [2.24, 2.45) is 0 Å². The summed E-state index contributed by atoms with van der Waals surface area (Å²) in [6, 6.07) is 7.86. The van der Waals surface area contributed by atoms with Crippen molar-refractivity contribution in [2.75, 3.05) is 45.3 Å². The van der Waals surface area contributed by atoms with Crippen molar-refractivity contribution < 1.29 is 26.7 Å². The molecule has 0 amide bonds. The lowest BCUT2D eigenvalue weighted by molar-refractivity contribution is -0.155. The van der Waals surface area contributed by atoms with Gasteiger partial charge in [-0.1, -0.05) is 12.1 Å². The van der Waals surface area contributed by atoms with Crippen LogP contribution in [0.25, 0.3) is 11.1 Å². The van der Waals surface area contributed by atoms with E-state index in [2.05, 4.69) is 15.2 Å². The molecule has 0 bridgehead atoms. The lowest BCUT2D eigenvalue weighted by atomic mass is 9.84. The van der Waals surface area contributed by atoms with E-state index < -0.39 is 30.6 Å². The van der Waals surface area contributed by atoms with E-state index in [0.717, 1.165) is 30.9 Å². The number of fused-ring (bicyclic) bond motifs is 3. The Kier molecular flexibility index (Phi) is 6.93. The summed E-state index contributed by atoms with van der Waals surface area (Å²) in [7, 11) is 1.50. The highest BCUT2D eigenvalue weighted by molar-refractivity contribution is 5.78. The number of nitrogens with zero attached hydrogens (tertiary/aromatic N) is 2. The van der Waals surface area contributed by atoms with Gasteiger partial charge in [-0.3, -0.25) is 19.2 Å². The van der Waals surface area contributed by atoms with Gasteiger partial charge in [-0.25, -0.2) is 4.79 Å². The molecular weight excluding hydrogens is 492 g/mol. The smallest absolute Gasteiger partial charge is 0.417 e. The number of methoxy groups -OCH3 is 1. The standard InChI is InChI=1S/C26H30F4N4O3/c1-15-10-20-18(6-7-21-24(20)37-25(35)32-21)23(34(15)14-26(28,29)30)19-5-4-16(11-22(19)36-2)31-17-12-33(13-17)9-3-8-27/h4-7,11,15,17,23,31H,3,8-10,12-14H2,1-2H3,(H,32,35)/t15-,23+/m1/s1. The van der Waals surface area contributed by atoms with Crippen LogP contribution in [-0.2, 0) is 6.42 Å². The summed E-state index contributed by atoms with van der Waals surface area (Å²) < 4.78 is 64.6. The third kappa shape index (κ3) is 5.19. The zero-order chi connectivity index (χ0) is 26.3. The summed E-state index contributed by atoms with van der Waals surface area (Å²) in [5.41, 5.74) is 3.67. The summed E-state index contributed by atoms with van der Waals surface area (Å²) >= 11 is 0. The van der Waals surface area contributed by atoms with Crippen molar-refractivity contribution in [3.05, 3.63) is 57.6 Å². The first-order chi connectivity index (χ1) is 17.7. The largest absolute Gasteiger partial charge is 0.496 e. The van der Waals surface area contributed by atoms with Crippen LogP contribution in [0.4, 0.5) is 23.2 Å². The van der Waals surface area contributed by atoms with Gasteiger partial charge in [0.2, 0.25) is 0 Å². The van der Waals surface area contributed by atoms with Gasteiger partial charge in [0.15, 0.2) is 5.58 Å². The Balaban J connectivity index is 1.50. The highest BCUT2D eigenvalue weighted by Crippen LogP contribution is 2.45. The van der Waals surface area contributed by atoms with Crippen LogP contribution in [0.15, 0.2) is 39.5 Å². The first-order valence-electron chi connectivity index (χ1n) is 12.4. The first kappa shape index (κ1) is 25.6. The monoisotopic (exact) mass is 522 g/mol. The Morgan fingerprint density at radius 2 is 1.95 bits per heavy atom. The summed E-state index contributed by atoms with van der Waals surface area (Å²) in [5, 5.41) is 3.43. The van der Waals surface area contributed by atoms with Crippen LogP contribution in [0.1, 0.15) is 36.1 Å². The number of aromatic amines is 1. The van der Waals surface area contributed by atoms with Crippen molar-refractivity contribution in [3.8, 4) is 5.75 Å². The minimum atomic E-state index is -4.40. The molecule has 2 N–H and O–H groups in total. The molecule has 3 heterocycles. The Bertz CT molecular complexity index is 1320. The van der Waals surface area contributed by atoms with Crippen molar-refractivity contribution in [1.82, 2.24) is 14.8 Å². The van der Waals surface area contributed by atoms with E-state index in [1.807, 2.05) is 6.07 Å². The van der Waals surface area contributed by atoms with E-state index >= 15 is 0 Å². The Morgan fingerprint density at radius 1 is 1.19 bits per heavy atom. The lowest BCUT2D eigenvalue weighted by Crippen LogP contribution is -2.54. The fraction of sp³-hybridized carbons (Fsp3) is 0.500. The molecule has 3 aromatic rings. The highest BCUT2D eigenvalue weighted by Gasteiger charge is 2.42. The zero-order valence-corrected chi connectivity index (χ0v) is 20.7. The molecule has 11 heteroatoms. The number of rotatable bonds is 8. The van der Waals surface area contributed by atoms with Gasteiger partial charge in [0.05, 0.1) is 37.9 Å². The molecule has 1 saturated heterocycles. The zero-order valence-electron chi connectivity index (χ0n) is 20.7. The van der Waals surface area contributed by atoms with E-state index in [9.17, 15) is 22.4 Å². The van der Waals surface area contributed by atoms with Crippen molar-refractivity contribution >= 4 is 16.8 Å². The van der Waals surface area contributed by atoms with Gasteiger partial charge >= 0.3 is 11.9 Å². The number of oxazole rings is 1. The molecule has 2 aliphatic heterocycles. The van der Waals surface area contributed by atoms with Crippen LogP contribution in [0, 0.1) is 0 Å². The number of benzene rings is 2. The molecule has 0 radical (unpaired) electrons. The normalized spacial score (nSPS) is 21.1. The quantitative estimate of drug-likeness (QED) is 0.425. The van der Waals surface area contributed by atoms with E-state index in [4.69, 9.17) is 9.15 Å². The minimum Gasteiger partial charge on any atom is -0.496 e. The molecule has 2 aliphatic rings. The Morgan fingerprint density at radius 3 is 2.65 bits per heavy atom. The molecule has 0 spiro atoms. The average Bonchev–Trinajstić information content (AvgIpc) is 3.21. The number of hydrogen-bond donors (Lipinski definition) is 2. The highest BCUT2D eigenvalue weighted by atomic mass is 19.4. The topological polar surface area (TPSA) is 73.7 Å². The second-order valence-corrected chi connectivity index (χ2v) is 9.87. The summed E-state index contributed by atoms with van der Waals surface area (Å²) in [5.74, 6) is -0.135. The molecular formula is C26H30F4N4O3. The predicted molar refractivity (Wildman–Crippen MR) is 132 cm³/mol. The molecule has 1 fully saturated rings. The molecule has 2 aromatic carbocycles. The number of hydrogen-bond acceptors (Lipinski definition) is 6. The average molecular weight is 523 g/mol. The van der Waals surface area contributed by atoms with Gasteiger partial charge in [0, 0.05) is 48.6 Å². The molecule has 5 rings (SSSR count).